The second kappa shape index (κ2) is 19.6. The third-order valence-corrected chi connectivity index (χ3v) is 14.1. The van der Waals surface area contributed by atoms with Crippen LogP contribution in [-0.4, -0.2) is 11.1 Å². The topological polar surface area (TPSA) is 64.3 Å². The highest BCUT2D eigenvalue weighted by atomic mass is 32.1. The van der Waals surface area contributed by atoms with E-state index in [1.54, 1.807) is 6.07 Å². The van der Waals surface area contributed by atoms with Gasteiger partial charge < -0.3 is 10.0 Å². The molecule has 69 heavy (non-hydrogen) atoms. The zero-order valence-electron chi connectivity index (χ0n) is 37.6. The van der Waals surface area contributed by atoms with Crippen molar-refractivity contribution in [3.63, 3.8) is 0 Å². The Morgan fingerprint density at radius 1 is 0.406 bits per heavy atom. The first-order valence-corrected chi connectivity index (χ1v) is 23.7. The SMILES string of the molecule is N#CC(=Cc1ccc(-c2ccc(N(c3ccc(C(c4ccccc4)(c4ccccc4)c4ccccc4)cc3)c3ccc(C(c4ccccc4)(c4ccccc4)c4ccccc4)cc3)cc2)s1)C(=O)O. The summed E-state index contributed by atoms with van der Waals surface area (Å²) in [6.45, 7) is 0. The second-order valence-corrected chi connectivity index (χ2v) is 18.0. The molecule has 10 aromatic rings. The fourth-order valence-corrected chi connectivity index (χ4v) is 10.9. The Morgan fingerprint density at radius 3 is 0.986 bits per heavy atom. The highest BCUT2D eigenvalue weighted by molar-refractivity contribution is 7.16. The monoisotopic (exact) mass is 906 g/mol. The van der Waals surface area contributed by atoms with Crippen molar-refractivity contribution < 1.29 is 9.90 Å². The Labute approximate surface area is 407 Å². The van der Waals surface area contributed by atoms with Crippen LogP contribution in [0.25, 0.3) is 16.5 Å². The van der Waals surface area contributed by atoms with Gasteiger partial charge in [-0.15, -0.1) is 11.3 Å². The molecule has 4 nitrogen and oxygen atoms in total. The normalized spacial score (nSPS) is 11.7. The van der Waals surface area contributed by atoms with Crippen LogP contribution in [0.3, 0.4) is 0 Å². The molecule has 1 heterocycles. The molecule has 1 N–H and O–H groups in total. The molecule has 10 rings (SSSR count). The van der Waals surface area contributed by atoms with Gasteiger partial charge in [-0.25, -0.2) is 4.79 Å². The molecule has 1 aromatic heterocycles. The van der Waals surface area contributed by atoms with E-state index in [9.17, 15) is 15.2 Å². The third-order valence-electron chi connectivity index (χ3n) is 13.0. The summed E-state index contributed by atoms with van der Waals surface area (Å²) in [7, 11) is 0. The van der Waals surface area contributed by atoms with E-state index in [1.165, 1.54) is 50.8 Å². The van der Waals surface area contributed by atoms with Gasteiger partial charge in [-0.1, -0.05) is 218 Å². The van der Waals surface area contributed by atoms with E-state index in [0.717, 1.165) is 38.6 Å². The first-order chi connectivity index (χ1) is 34.0. The number of hydrogen-bond acceptors (Lipinski definition) is 4. The van der Waals surface area contributed by atoms with Crippen molar-refractivity contribution in [1.29, 1.82) is 5.26 Å². The van der Waals surface area contributed by atoms with Gasteiger partial charge in [0.1, 0.15) is 11.6 Å². The van der Waals surface area contributed by atoms with Crippen molar-refractivity contribution in [3.8, 4) is 16.5 Å². The Kier molecular flexibility index (Phi) is 12.5. The second-order valence-electron chi connectivity index (χ2n) is 16.8. The van der Waals surface area contributed by atoms with Gasteiger partial charge in [-0.2, -0.15) is 5.26 Å². The summed E-state index contributed by atoms with van der Waals surface area (Å²) < 4.78 is 0. The number of thiophene rings is 1. The number of rotatable bonds is 14. The average Bonchev–Trinajstić information content (AvgIpc) is 3.90. The molecule has 0 aliphatic rings. The molecule has 0 saturated carbocycles. The number of carbonyl (C=O) groups is 1. The number of anilines is 3. The number of aliphatic carboxylic acids is 1. The van der Waals surface area contributed by atoms with Crippen LogP contribution in [0.15, 0.2) is 272 Å². The lowest BCUT2D eigenvalue weighted by Gasteiger charge is -2.37. The minimum atomic E-state index is -1.24. The van der Waals surface area contributed by atoms with Gasteiger partial charge in [0.15, 0.2) is 0 Å². The Balaban J connectivity index is 1.13. The van der Waals surface area contributed by atoms with Crippen molar-refractivity contribution >= 4 is 40.4 Å². The van der Waals surface area contributed by atoms with Gasteiger partial charge in [0, 0.05) is 26.8 Å². The number of nitrogens with zero attached hydrogens (tertiary/aromatic N) is 2. The fraction of sp³-hybridized carbons (Fsp3) is 0.0312. The van der Waals surface area contributed by atoms with Gasteiger partial charge in [-0.05, 0) is 105 Å². The largest absolute Gasteiger partial charge is 0.477 e. The molecule has 0 atom stereocenters. The van der Waals surface area contributed by atoms with Gasteiger partial charge in [-0.3, -0.25) is 0 Å². The Morgan fingerprint density at radius 2 is 0.696 bits per heavy atom. The van der Waals surface area contributed by atoms with Crippen LogP contribution in [-0.2, 0) is 15.6 Å². The van der Waals surface area contributed by atoms with Gasteiger partial charge in [0.2, 0.25) is 0 Å². The van der Waals surface area contributed by atoms with Crippen LogP contribution in [0.2, 0.25) is 0 Å². The number of carboxylic acids is 1. The Bertz CT molecular complexity index is 3000. The summed E-state index contributed by atoms with van der Waals surface area (Å²) in [5.74, 6) is -1.24. The predicted molar refractivity (Wildman–Crippen MR) is 282 cm³/mol. The van der Waals surface area contributed by atoms with Crippen LogP contribution in [0.4, 0.5) is 17.1 Å². The van der Waals surface area contributed by atoms with Crippen molar-refractivity contribution in [3.05, 3.63) is 322 Å². The highest BCUT2D eigenvalue weighted by Gasteiger charge is 2.40. The maximum absolute atomic E-state index is 11.6. The van der Waals surface area contributed by atoms with Crippen molar-refractivity contribution in [1.82, 2.24) is 0 Å². The van der Waals surface area contributed by atoms with E-state index in [0.29, 0.717) is 4.88 Å². The average molecular weight is 907 g/mol. The summed E-state index contributed by atoms with van der Waals surface area (Å²) in [6.07, 6.45) is 1.42. The lowest BCUT2D eigenvalue weighted by atomic mass is 9.65. The zero-order chi connectivity index (χ0) is 47.0. The van der Waals surface area contributed by atoms with Gasteiger partial charge in [0.25, 0.3) is 0 Å². The molecule has 0 saturated heterocycles. The number of nitriles is 1. The van der Waals surface area contributed by atoms with Crippen molar-refractivity contribution in [2.24, 2.45) is 0 Å². The fourth-order valence-electron chi connectivity index (χ4n) is 9.94. The summed E-state index contributed by atoms with van der Waals surface area (Å²) in [6, 6.07) is 96.7. The molecule has 0 amide bonds. The quantitative estimate of drug-likeness (QED) is 0.0671. The van der Waals surface area contributed by atoms with E-state index in [1.807, 2.05) is 12.1 Å². The molecule has 9 aromatic carbocycles. The lowest BCUT2D eigenvalue weighted by molar-refractivity contribution is -0.132. The minimum absolute atomic E-state index is 0.298. The van der Waals surface area contributed by atoms with E-state index < -0.39 is 16.8 Å². The molecule has 0 fully saturated rings. The first kappa shape index (κ1) is 44.0. The van der Waals surface area contributed by atoms with Crippen LogP contribution in [0, 0.1) is 11.3 Å². The molecule has 0 radical (unpaired) electrons. The van der Waals surface area contributed by atoms with Gasteiger partial charge >= 0.3 is 5.97 Å². The molecule has 0 aliphatic carbocycles. The first-order valence-electron chi connectivity index (χ1n) is 22.9. The maximum Gasteiger partial charge on any atom is 0.346 e. The van der Waals surface area contributed by atoms with Gasteiger partial charge in [0.05, 0.1) is 10.8 Å². The Hall–Kier alpha value is -8.82. The predicted octanol–water partition coefficient (Wildman–Crippen LogP) is 15.6. The smallest absolute Gasteiger partial charge is 0.346 e. The summed E-state index contributed by atoms with van der Waals surface area (Å²) in [4.78, 5) is 15.5. The molecule has 0 unspecified atom stereocenters. The molecular weight excluding hydrogens is 861 g/mol. The molecular formula is C64H46N2O2S. The number of benzene rings is 9. The van der Waals surface area contributed by atoms with Crippen molar-refractivity contribution in [2.75, 3.05) is 4.90 Å². The molecule has 0 aliphatic heterocycles. The summed E-state index contributed by atoms with van der Waals surface area (Å²) in [5, 5.41) is 18.8. The highest BCUT2D eigenvalue weighted by Crippen LogP contribution is 2.48. The number of carboxylic acid groups (broad SMARTS) is 1. The van der Waals surface area contributed by atoms with Crippen molar-refractivity contribution in [2.45, 2.75) is 10.8 Å². The number of hydrogen-bond donors (Lipinski definition) is 1. The van der Waals surface area contributed by atoms with Crippen LogP contribution in [0.5, 0.6) is 0 Å². The molecule has 0 bridgehead atoms. The zero-order valence-corrected chi connectivity index (χ0v) is 38.5. The minimum Gasteiger partial charge on any atom is -0.477 e. The lowest BCUT2D eigenvalue weighted by Crippen LogP contribution is -2.31. The van der Waals surface area contributed by atoms with E-state index >= 15 is 0 Å². The standard InChI is InChI=1S/C64H46N2O2S/c65-46-48(62(67)68)45-60-43-44-61(69-60)47-31-37-57(38-32-47)66(58-39-33-55(34-40-58)63(49-19-7-1-8-20-49,50-21-9-2-10-22-50)51-23-11-3-12-24-51)59-41-35-56(36-42-59)64(52-25-13-4-14-26-52,53-27-15-5-16-28-53)54-29-17-6-18-30-54/h1-45H,(H,67,68). The summed E-state index contributed by atoms with van der Waals surface area (Å²) in [5.41, 5.74) is 11.8. The molecule has 5 heteroatoms. The maximum atomic E-state index is 11.6. The van der Waals surface area contributed by atoms with E-state index in [4.69, 9.17) is 0 Å². The van der Waals surface area contributed by atoms with Crippen LogP contribution >= 0.6 is 11.3 Å². The van der Waals surface area contributed by atoms with Crippen LogP contribution < -0.4 is 4.90 Å². The molecule has 330 valence electrons. The van der Waals surface area contributed by atoms with Crippen LogP contribution in [0.1, 0.15) is 49.4 Å². The van der Waals surface area contributed by atoms with E-state index in [-0.39, 0.29) is 5.57 Å². The third kappa shape index (κ3) is 8.36. The molecule has 0 spiro atoms. The van der Waals surface area contributed by atoms with E-state index in [2.05, 4.69) is 260 Å². The summed E-state index contributed by atoms with van der Waals surface area (Å²) >= 11 is 1.45.